The van der Waals surface area contributed by atoms with Gasteiger partial charge in [0.1, 0.15) is 5.75 Å². The molecule has 2 N–H and O–H groups in total. The van der Waals surface area contributed by atoms with E-state index >= 15 is 0 Å². The molecular formula is C15H23BrN2O. The Hall–Kier alpha value is -0.580. The van der Waals surface area contributed by atoms with Crippen LogP contribution in [0.5, 0.6) is 5.75 Å². The summed E-state index contributed by atoms with van der Waals surface area (Å²) in [4.78, 5) is 2.40. The second kappa shape index (κ2) is 6.73. The number of halogens is 1. The van der Waals surface area contributed by atoms with E-state index in [2.05, 4.69) is 33.9 Å². The van der Waals surface area contributed by atoms with Crippen molar-refractivity contribution in [3.05, 3.63) is 28.2 Å². The minimum absolute atomic E-state index is 0.342. The molecule has 3 nitrogen and oxygen atoms in total. The largest absolute Gasteiger partial charge is 0.496 e. The van der Waals surface area contributed by atoms with Crippen molar-refractivity contribution in [3.8, 4) is 5.75 Å². The van der Waals surface area contributed by atoms with Crippen molar-refractivity contribution in [2.75, 3.05) is 20.7 Å². The van der Waals surface area contributed by atoms with Crippen LogP contribution >= 0.6 is 15.9 Å². The van der Waals surface area contributed by atoms with Crippen molar-refractivity contribution in [1.82, 2.24) is 4.90 Å². The van der Waals surface area contributed by atoms with Crippen molar-refractivity contribution >= 4 is 15.9 Å². The summed E-state index contributed by atoms with van der Waals surface area (Å²) in [6.45, 7) is 1.02. The van der Waals surface area contributed by atoms with Crippen LogP contribution in [-0.2, 0) is 6.42 Å². The van der Waals surface area contributed by atoms with Gasteiger partial charge in [0.2, 0.25) is 0 Å². The molecule has 1 fully saturated rings. The second-order valence-corrected chi connectivity index (χ2v) is 6.26. The molecule has 0 heterocycles. The number of ether oxygens (including phenoxy) is 1. The maximum absolute atomic E-state index is 6.16. The Labute approximate surface area is 124 Å². The Morgan fingerprint density at radius 1 is 1.42 bits per heavy atom. The SMILES string of the molecule is COc1ccc(Br)cc1CCN(C)C1CCCC1N. The zero-order valence-corrected chi connectivity index (χ0v) is 13.3. The highest BCUT2D eigenvalue weighted by Crippen LogP contribution is 2.25. The molecule has 0 radical (unpaired) electrons. The van der Waals surface area contributed by atoms with Crippen LogP contribution in [-0.4, -0.2) is 37.7 Å². The Morgan fingerprint density at radius 2 is 2.21 bits per heavy atom. The summed E-state index contributed by atoms with van der Waals surface area (Å²) < 4.78 is 6.52. The molecule has 106 valence electrons. The fourth-order valence-corrected chi connectivity index (χ4v) is 3.33. The quantitative estimate of drug-likeness (QED) is 0.904. The van der Waals surface area contributed by atoms with Gasteiger partial charge < -0.3 is 15.4 Å². The number of likely N-dealkylation sites (N-methyl/N-ethyl adjacent to an activating group) is 1. The van der Waals surface area contributed by atoms with E-state index in [1.807, 2.05) is 12.1 Å². The van der Waals surface area contributed by atoms with E-state index in [0.29, 0.717) is 12.1 Å². The molecule has 1 aromatic rings. The smallest absolute Gasteiger partial charge is 0.122 e. The molecule has 19 heavy (non-hydrogen) atoms. The van der Waals surface area contributed by atoms with Crippen molar-refractivity contribution < 1.29 is 4.74 Å². The van der Waals surface area contributed by atoms with Crippen LogP contribution in [0, 0.1) is 0 Å². The van der Waals surface area contributed by atoms with Gasteiger partial charge in [-0.1, -0.05) is 22.4 Å². The summed E-state index contributed by atoms with van der Waals surface area (Å²) in [5.41, 5.74) is 7.40. The normalized spacial score (nSPS) is 23.0. The van der Waals surface area contributed by atoms with E-state index < -0.39 is 0 Å². The second-order valence-electron chi connectivity index (χ2n) is 5.35. The Kier molecular flexibility index (Phi) is 5.25. The highest BCUT2D eigenvalue weighted by atomic mass is 79.9. The summed E-state index contributed by atoms with van der Waals surface area (Å²) in [5, 5.41) is 0. The molecule has 0 aromatic heterocycles. The molecule has 2 atom stereocenters. The van der Waals surface area contributed by atoms with Crippen molar-refractivity contribution in [2.24, 2.45) is 5.73 Å². The van der Waals surface area contributed by atoms with Crippen LogP contribution in [0.4, 0.5) is 0 Å². The predicted molar refractivity (Wildman–Crippen MR) is 82.6 cm³/mol. The summed E-state index contributed by atoms with van der Waals surface area (Å²) in [7, 11) is 3.91. The van der Waals surface area contributed by atoms with Crippen LogP contribution in [0.3, 0.4) is 0 Å². The van der Waals surface area contributed by atoms with Gasteiger partial charge in [0.15, 0.2) is 0 Å². The summed E-state index contributed by atoms with van der Waals surface area (Å²) in [5.74, 6) is 0.965. The Morgan fingerprint density at radius 3 is 2.84 bits per heavy atom. The molecule has 0 spiro atoms. The van der Waals surface area contributed by atoms with Crippen LogP contribution in [0.2, 0.25) is 0 Å². The Balaban J connectivity index is 1.96. The van der Waals surface area contributed by atoms with Gasteiger partial charge in [0, 0.05) is 23.1 Å². The third-order valence-corrected chi connectivity index (χ3v) is 4.57. The average Bonchev–Trinajstić information content (AvgIpc) is 2.82. The van der Waals surface area contributed by atoms with E-state index in [1.54, 1.807) is 7.11 Å². The molecule has 2 unspecified atom stereocenters. The monoisotopic (exact) mass is 326 g/mol. The molecule has 1 aliphatic carbocycles. The number of rotatable bonds is 5. The molecular weight excluding hydrogens is 304 g/mol. The van der Waals surface area contributed by atoms with Gasteiger partial charge in [-0.3, -0.25) is 0 Å². The first-order valence-corrected chi connectivity index (χ1v) is 7.69. The van der Waals surface area contributed by atoms with Crippen molar-refractivity contribution in [1.29, 1.82) is 0 Å². The lowest BCUT2D eigenvalue weighted by Crippen LogP contribution is -2.43. The van der Waals surface area contributed by atoms with Crippen LogP contribution in [0.25, 0.3) is 0 Å². The van der Waals surface area contributed by atoms with E-state index in [-0.39, 0.29) is 0 Å². The molecule has 1 aromatic carbocycles. The van der Waals surface area contributed by atoms with Crippen LogP contribution in [0.1, 0.15) is 24.8 Å². The fraction of sp³-hybridized carbons (Fsp3) is 0.600. The lowest BCUT2D eigenvalue weighted by atomic mass is 10.1. The van der Waals surface area contributed by atoms with E-state index in [9.17, 15) is 0 Å². The third-order valence-electron chi connectivity index (χ3n) is 4.07. The predicted octanol–water partition coefficient (Wildman–Crippen LogP) is 2.81. The minimum atomic E-state index is 0.342. The number of nitrogens with two attached hydrogens (primary N) is 1. The van der Waals surface area contributed by atoms with Gasteiger partial charge >= 0.3 is 0 Å². The van der Waals surface area contributed by atoms with Gasteiger partial charge in [-0.2, -0.15) is 0 Å². The van der Waals surface area contributed by atoms with Gasteiger partial charge in [-0.25, -0.2) is 0 Å². The average molecular weight is 327 g/mol. The number of hydrogen-bond acceptors (Lipinski definition) is 3. The summed E-state index contributed by atoms with van der Waals surface area (Å²) >= 11 is 3.52. The van der Waals surface area contributed by atoms with E-state index in [4.69, 9.17) is 10.5 Å². The highest BCUT2D eigenvalue weighted by molar-refractivity contribution is 9.10. The lowest BCUT2D eigenvalue weighted by molar-refractivity contribution is 0.230. The number of methoxy groups -OCH3 is 1. The molecule has 1 saturated carbocycles. The standard InChI is InChI=1S/C15H23BrN2O/c1-18(14-5-3-4-13(14)17)9-8-11-10-12(16)6-7-15(11)19-2/h6-7,10,13-14H,3-5,8-9,17H2,1-2H3. The minimum Gasteiger partial charge on any atom is -0.496 e. The molecule has 4 heteroatoms. The molecule has 2 rings (SSSR count). The number of benzene rings is 1. The topological polar surface area (TPSA) is 38.5 Å². The molecule has 0 aliphatic heterocycles. The van der Waals surface area contributed by atoms with E-state index in [1.165, 1.54) is 18.4 Å². The van der Waals surface area contributed by atoms with E-state index in [0.717, 1.165) is 29.6 Å². The van der Waals surface area contributed by atoms with Crippen LogP contribution < -0.4 is 10.5 Å². The van der Waals surface area contributed by atoms with Gasteiger partial charge in [-0.15, -0.1) is 0 Å². The molecule has 0 bridgehead atoms. The summed E-state index contributed by atoms with van der Waals surface area (Å²) in [6, 6.07) is 7.05. The maximum Gasteiger partial charge on any atom is 0.122 e. The summed E-state index contributed by atoms with van der Waals surface area (Å²) in [6.07, 6.45) is 4.64. The van der Waals surface area contributed by atoms with Gasteiger partial charge in [0.05, 0.1) is 7.11 Å². The van der Waals surface area contributed by atoms with Gasteiger partial charge in [-0.05, 0) is 50.1 Å². The number of nitrogens with zero attached hydrogens (tertiary/aromatic N) is 1. The van der Waals surface area contributed by atoms with Crippen molar-refractivity contribution in [2.45, 2.75) is 37.8 Å². The zero-order chi connectivity index (χ0) is 13.8. The fourth-order valence-electron chi connectivity index (χ4n) is 2.92. The Bertz CT molecular complexity index is 425. The zero-order valence-electron chi connectivity index (χ0n) is 11.7. The lowest BCUT2D eigenvalue weighted by Gasteiger charge is -2.27. The van der Waals surface area contributed by atoms with Crippen molar-refractivity contribution in [3.63, 3.8) is 0 Å². The maximum atomic E-state index is 6.16. The first-order valence-electron chi connectivity index (χ1n) is 6.90. The highest BCUT2D eigenvalue weighted by Gasteiger charge is 2.27. The molecule has 0 saturated heterocycles. The molecule has 1 aliphatic rings. The third kappa shape index (κ3) is 3.71. The first-order chi connectivity index (χ1) is 9.11. The van der Waals surface area contributed by atoms with Gasteiger partial charge in [0.25, 0.3) is 0 Å². The first kappa shape index (κ1) is 14.8. The molecule has 0 amide bonds. The number of hydrogen-bond donors (Lipinski definition) is 1. The van der Waals surface area contributed by atoms with Crippen LogP contribution in [0.15, 0.2) is 22.7 Å².